The minimum atomic E-state index is 0.511. The summed E-state index contributed by atoms with van der Waals surface area (Å²) in [4.78, 5) is 2.49. The highest BCUT2D eigenvalue weighted by molar-refractivity contribution is 7.80. The molecule has 2 nitrogen and oxygen atoms in total. The van der Waals surface area contributed by atoms with E-state index in [2.05, 4.69) is 31.5 Å². The van der Waals surface area contributed by atoms with Crippen molar-refractivity contribution in [1.82, 2.24) is 4.90 Å². The maximum absolute atomic E-state index is 5.73. The van der Waals surface area contributed by atoms with Gasteiger partial charge in [-0.15, -0.1) is 0 Å². The Hall–Kier alpha value is 0.270. The highest BCUT2D eigenvalue weighted by atomic mass is 32.1. The van der Waals surface area contributed by atoms with E-state index >= 15 is 0 Å². The molecule has 1 heterocycles. The average Bonchev–Trinajstić information content (AvgIpc) is 2.30. The lowest BCUT2D eigenvalue weighted by atomic mass is 9.98. The average molecular weight is 216 g/mol. The molecule has 0 aromatic heterocycles. The SMILES string of the molecule is CC(S)CC1CCC(CN)CCN1C. The van der Waals surface area contributed by atoms with Crippen molar-refractivity contribution in [3.05, 3.63) is 0 Å². The minimum absolute atomic E-state index is 0.511. The summed E-state index contributed by atoms with van der Waals surface area (Å²) in [7, 11) is 2.24. The Labute approximate surface area is 93.6 Å². The fourth-order valence-corrected chi connectivity index (χ4v) is 2.53. The quantitative estimate of drug-likeness (QED) is 0.704. The van der Waals surface area contributed by atoms with Crippen LogP contribution in [0.3, 0.4) is 0 Å². The predicted molar refractivity (Wildman–Crippen MR) is 65.9 cm³/mol. The molecule has 0 radical (unpaired) electrons. The van der Waals surface area contributed by atoms with Crippen molar-refractivity contribution in [3.63, 3.8) is 0 Å². The zero-order valence-electron chi connectivity index (χ0n) is 9.45. The smallest absolute Gasteiger partial charge is 0.0103 e. The van der Waals surface area contributed by atoms with Gasteiger partial charge in [0.2, 0.25) is 0 Å². The Morgan fingerprint density at radius 1 is 1.43 bits per heavy atom. The van der Waals surface area contributed by atoms with Crippen LogP contribution in [0.4, 0.5) is 0 Å². The number of likely N-dealkylation sites (tertiary alicyclic amines) is 1. The Kier molecular flexibility index (Phi) is 5.28. The van der Waals surface area contributed by atoms with Crippen LogP contribution in [-0.4, -0.2) is 36.3 Å². The summed E-state index contributed by atoms with van der Waals surface area (Å²) in [5.41, 5.74) is 5.73. The predicted octanol–water partition coefficient (Wildman–Crippen LogP) is 1.75. The lowest BCUT2D eigenvalue weighted by Crippen LogP contribution is -2.32. The standard InChI is InChI=1S/C11H24N2S/c1-9(14)7-11-4-3-10(8-12)5-6-13(11)2/h9-11,14H,3-8,12H2,1-2H3. The number of hydrogen-bond donors (Lipinski definition) is 2. The molecule has 84 valence electrons. The van der Waals surface area contributed by atoms with Crippen LogP contribution in [0, 0.1) is 5.92 Å². The zero-order valence-corrected chi connectivity index (χ0v) is 10.3. The Morgan fingerprint density at radius 2 is 2.14 bits per heavy atom. The first-order valence-corrected chi connectivity index (χ1v) is 6.23. The number of nitrogens with zero attached hydrogens (tertiary/aromatic N) is 1. The Bertz CT molecular complexity index is 161. The molecular weight excluding hydrogens is 192 g/mol. The van der Waals surface area contributed by atoms with E-state index in [1.165, 1.54) is 32.2 Å². The summed E-state index contributed by atoms with van der Waals surface area (Å²) in [5, 5.41) is 0.511. The highest BCUT2D eigenvalue weighted by Gasteiger charge is 2.22. The monoisotopic (exact) mass is 216 g/mol. The molecule has 1 aliphatic rings. The normalized spacial score (nSPS) is 32.6. The van der Waals surface area contributed by atoms with Crippen LogP contribution in [0.5, 0.6) is 0 Å². The summed E-state index contributed by atoms with van der Waals surface area (Å²) >= 11 is 4.48. The second-order valence-electron chi connectivity index (χ2n) is 4.69. The van der Waals surface area contributed by atoms with Gasteiger partial charge in [-0.1, -0.05) is 6.92 Å². The van der Waals surface area contributed by atoms with E-state index in [1.54, 1.807) is 0 Å². The molecule has 0 saturated carbocycles. The topological polar surface area (TPSA) is 29.3 Å². The van der Waals surface area contributed by atoms with Gasteiger partial charge in [0.25, 0.3) is 0 Å². The number of rotatable bonds is 3. The van der Waals surface area contributed by atoms with Crippen molar-refractivity contribution < 1.29 is 0 Å². The summed E-state index contributed by atoms with van der Waals surface area (Å²) in [5.74, 6) is 0.748. The van der Waals surface area contributed by atoms with Crippen LogP contribution in [-0.2, 0) is 0 Å². The fourth-order valence-electron chi connectivity index (χ4n) is 2.29. The molecule has 0 aromatic carbocycles. The third-order valence-electron chi connectivity index (χ3n) is 3.37. The maximum atomic E-state index is 5.73. The first-order valence-electron chi connectivity index (χ1n) is 5.71. The van der Waals surface area contributed by atoms with E-state index in [9.17, 15) is 0 Å². The van der Waals surface area contributed by atoms with Crippen molar-refractivity contribution in [3.8, 4) is 0 Å². The van der Waals surface area contributed by atoms with Gasteiger partial charge in [-0.05, 0) is 51.7 Å². The van der Waals surface area contributed by atoms with E-state index < -0.39 is 0 Å². The zero-order chi connectivity index (χ0) is 10.6. The molecule has 1 rings (SSSR count). The third kappa shape index (κ3) is 3.79. The summed E-state index contributed by atoms with van der Waals surface area (Å²) in [6.45, 7) is 4.24. The van der Waals surface area contributed by atoms with Gasteiger partial charge < -0.3 is 10.6 Å². The maximum Gasteiger partial charge on any atom is 0.0103 e. The van der Waals surface area contributed by atoms with E-state index in [-0.39, 0.29) is 0 Å². The van der Waals surface area contributed by atoms with Gasteiger partial charge in [0.05, 0.1) is 0 Å². The molecule has 2 N–H and O–H groups in total. The number of nitrogens with two attached hydrogens (primary N) is 1. The largest absolute Gasteiger partial charge is 0.330 e. The molecular formula is C11H24N2S. The molecule has 3 atom stereocenters. The lowest BCUT2D eigenvalue weighted by Gasteiger charge is -2.26. The van der Waals surface area contributed by atoms with Gasteiger partial charge in [0.1, 0.15) is 0 Å². The van der Waals surface area contributed by atoms with Gasteiger partial charge >= 0.3 is 0 Å². The molecule has 1 aliphatic heterocycles. The summed E-state index contributed by atoms with van der Waals surface area (Å²) < 4.78 is 0. The van der Waals surface area contributed by atoms with Crippen molar-refractivity contribution in [1.29, 1.82) is 0 Å². The molecule has 0 aliphatic carbocycles. The molecule has 0 spiro atoms. The molecule has 14 heavy (non-hydrogen) atoms. The minimum Gasteiger partial charge on any atom is -0.330 e. The summed E-state index contributed by atoms with van der Waals surface area (Å²) in [6, 6.07) is 0.721. The number of thiol groups is 1. The van der Waals surface area contributed by atoms with Gasteiger partial charge in [-0.25, -0.2) is 0 Å². The van der Waals surface area contributed by atoms with Crippen molar-refractivity contribution >= 4 is 12.6 Å². The lowest BCUT2D eigenvalue weighted by molar-refractivity contribution is 0.235. The van der Waals surface area contributed by atoms with Crippen molar-refractivity contribution in [2.24, 2.45) is 11.7 Å². The van der Waals surface area contributed by atoms with Gasteiger partial charge in [-0.3, -0.25) is 0 Å². The second kappa shape index (κ2) is 5.99. The van der Waals surface area contributed by atoms with E-state index in [0.29, 0.717) is 5.25 Å². The molecule has 1 saturated heterocycles. The first kappa shape index (κ1) is 12.3. The van der Waals surface area contributed by atoms with Crippen LogP contribution in [0.25, 0.3) is 0 Å². The second-order valence-corrected chi connectivity index (χ2v) is 5.57. The van der Waals surface area contributed by atoms with Crippen molar-refractivity contribution in [2.45, 2.75) is 43.9 Å². The van der Waals surface area contributed by atoms with Crippen LogP contribution < -0.4 is 5.73 Å². The Balaban J connectivity index is 2.43. The van der Waals surface area contributed by atoms with Gasteiger partial charge in [-0.2, -0.15) is 12.6 Å². The van der Waals surface area contributed by atoms with E-state index in [0.717, 1.165) is 18.5 Å². The molecule has 0 aromatic rings. The third-order valence-corrected chi connectivity index (χ3v) is 3.58. The molecule has 0 bridgehead atoms. The molecule has 3 heteroatoms. The van der Waals surface area contributed by atoms with Gasteiger partial charge in [0, 0.05) is 11.3 Å². The molecule has 1 fully saturated rings. The summed E-state index contributed by atoms with van der Waals surface area (Å²) in [6.07, 6.45) is 5.07. The van der Waals surface area contributed by atoms with E-state index in [1.807, 2.05) is 0 Å². The van der Waals surface area contributed by atoms with Gasteiger partial charge in [0.15, 0.2) is 0 Å². The van der Waals surface area contributed by atoms with Crippen LogP contribution in [0.15, 0.2) is 0 Å². The van der Waals surface area contributed by atoms with Crippen LogP contribution in [0.1, 0.15) is 32.6 Å². The first-order chi connectivity index (χ1) is 6.63. The molecule has 3 unspecified atom stereocenters. The van der Waals surface area contributed by atoms with E-state index in [4.69, 9.17) is 5.73 Å². The number of hydrogen-bond acceptors (Lipinski definition) is 3. The fraction of sp³-hybridized carbons (Fsp3) is 1.00. The van der Waals surface area contributed by atoms with Crippen molar-refractivity contribution in [2.75, 3.05) is 20.1 Å². The Morgan fingerprint density at radius 3 is 2.71 bits per heavy atom. The van der Waals surface area contributed by atoms with Crippen LogP contribution >= 0.6 is 12.6 Å². The highest BCUT2D eigenvalue weighted by Crippen LogP contribution is 2.23. The molecule has 0 amide bonds. The van der Waals surface area contributed by atoms with Crippen LogP contribution in [0.2, 0.25) is 0 Å².